The van der Waals surface area contributed by atoms with Crippen molar-refractivity contribution in [2.24, 2.45) is 5.16 Å². The van der Waals surface area contributed by atoms with E-state index in [4.69, 9.17) is 9.94 Å². The first-order chi connectivity index (χ1) is 9.60. The van der Waals surface area contributed by atoms with Crippen molar-refractivity contribution in [3.8, 4) is 5.75 Å². The van der Waals surface area contributed by atoms with Crippen LogP contribution < -0.4 is 4.74 Å². The van der Waals surface area contributed by atoms with E-state index in [0.29, 0.717) is 23.6 Å². The molecule has 1 N–H and O–H groups in total. The van der Waals surface area contributed by atoms with Crippen molar-refractivity contribution in [3.63, 3.8) is 0 Å². The van der Waals surface area contributed by atoms with Crippen LogP contribution in [0.25, 0.3) is 0 Å². The molecule has 0 unspecified atom stereocenters. The lowest BCUT2D eigenvalue weighted by Crippen LogP contribution is -2.03. The Labute approximate surface area is 130 Å². The average molecular weight is 385 g/mol. The van der Waals surface area contributed by atoms with Crippen LogP contribution >= 0.6 is 22.6 Å². The highest BCUT2D eigenvalue weighted by Gasteiger charge is 2.09. The number of nitrogens with zero attached hydrogens (tertiary/aromatic N) is 1. The van der Waals surface area contributed by atoms with Crippen molar-refractivity contribution >= 4 is 28.3 Å². The summed E-state index contributed by atoms with van der Waals surface area (Å²) in [6.45, 7) is 1.96. The molecule has 0 aliphatic rings. The van der Waals surface area contributed by atoms with Crippen molar-refractivity contribution in [3.05, 3.63) is 63.0 Å². The molecule has 0 heterocycles. The second kappa shape index (κ2) is 6.69. The fourth-order valence-electron chi connectivity index (χ4n) is 1.71. The number of hydrogen-bond donors (Lipinski definition) is 1. The number of ether oxygens (including phenoxy) is 1. The smallest absolute Gasteiger partial charge is 0.131 e. The van der Waals surface area contributed by atoms with Gasteiger partial charge in [0.1, 0.15) is 18.2 Å². The van der Waals surface area contributed by atoms with Crippen LogP contribution in [0.15, 0.2) is 47.6 Å². The molecule has 0 fully saturated rings. The van der Waals surface area contributed by atoms with E-state index in [2.05, 4.69) is 27.7 Å². The maximum Gasteiger partial charge on any atom is 0.131 e. The summed E-state index contributed by atoms with van der Waals surface area (Å²) < 4.78 is 20.1. The quantitative estimate of drug-likeness (QED) is 0.371. The monoisotopic (exact) mass is 385 g/mol. The average Bonchev–Trinajstić information content (AvgIpc) is 2.46. The fraction of sp³-hybridized carbons (Fsp3) is 0.133. The topological polar surface area (TPSA) is 41.8 Å². The molecule has 0 atom stereocenters. The highest BCUT2D eigenvalue weighted by Crippen LogP contribution is 2.22. The molecule has 2 aromatic rings. The minimum atomic E-state index is -0.392. The SMILES string of the molecule is CC(=NO)c1ccc(F)cc1OCc1ccc(I)cc1. The number of oxime groups is 1. The van der Waals surface area contributed by atoms with Gasteiger partial charge < -0.3 is 9.94 Å². The van der Waals surface area contributed by atoms with Crippen molar-refractivity contribution in [1.29, 1.82) is 0 Å². The standard InChI is InChI=1S/C15H13FINO2/c1-10(18-19)14-7-4-12(16)8-15(14)20-9-11-2-5-13(17)6-3-11/h2-8,19H,9H2,1H3. The predicted octanol–water partition coefficient (Wildman–Crippen LogP) is 4.21. The second-order valence-electron chi connectivity index (χ2n) is 4.24. The van der Waals surface area contributed by atoms with Gasteiger partial charge in [-0.2, -0.15) is 0 Å². The lowest BCUT2D eigenvalue weighted by atomic mass is 10.1. The van der Waals surface area contributed by atoms with Crippen LogP contribution in [0.2, 0.25) is 0 Å². The maximum atomic E-state index is 13.3. The Balaban J connectivity index is 2.20. The van der Waals surface area contributed by atoms with Crippen LogP contribution in [-0.2, 0) is 6.61 Å². The molecule has 0 aromatic heterocycles. The van der Waals surface area contributed by atoms with Crippen molar-refractivity contribution in [2.75, 3.05) is 0 Å². The number of rotatable bonds is 4. The predicted molar refractivity (Wildman–Crippen MR) is 83.9 cm³/mol. The Morgan fingerprint density at radius 1 is 1.25 bits per heavy atom. The number of hydrogen-bond acceptors (Lipinski definition) is 3. The van der Waals surface area contributed by atoms with Gasteiger partial charge in [-0.15, -0.1) is 0 Å². The molecule has 0 saturated carbocycles. The van der Waals surface area contributed by atoms with E-state index in [1.807, 2.05) is 24.3 Å². The van der Waals surface area contributed by atoms with Crippen LogP contribution in [0.3, 0.4) is 0 Å². The molecule has 0 amide bonds. The number of halogens is 2. The minimum absolute atomic E-state index is 0.325. The molecule has 3 nitrogen and oxygen atoms in total. The van der Waals surface area contributed by atoms with E-state index in [1.54, 1.807) is 6.92 Å². The highest BCUT2D eigenvalue weighted by molar-refractivity contribution is 14.1. The van der Waals surface area contributed by atoms with Crippen molar-refractivity contribution in [2.45, 2.75) is 13.5 Å². The van der Waals surface area contributed by atoms with Gasteiger partial charge in [-0.1, -0.05) is 17.3 Å². The van der Waals surface area contributed by atoms with Gasteiger partial charge in [-0.05, 0) is 59.3 Å². The summed E-state index contributed by atoms with van der Waals surface area (Å²) in [6, 6.07) is 12.0. The van der Waals surface area contributed by atoms with E-state index in [9.17, 15) is 4.39 Å². The third-order valence-corrected chi connectivity index (χ3v) is 3.51. The molecule has 0 bridgehead atoms. The Hall–Kier alpha value is -1.63. The largest absolute Gasteiger partial charge is 0.488 e. The molecule has 0 radical (unpaired) electrons. The zero-order valence-electron chi connectivity index (χ0n) is 10.8. The lowest BCUT2D eigenvalue weighted by molar-refractivity contribution is 0.302. The Morgan fingerprint density at radius 3 is 2.60 bits per heavy atom. The third kappa shape index (κ3) is 3.69. The van der Waals surface area contributed by atoms with Gasteiger partial charge >= 0.3 is 0 Å². The summed E-state index contributed by atoms with van der Waals surface area (Å²) in [5.74, 6) is -0.0315. The van der Waals surface area contributed by atoms with Gasteiger partial charge in [0.15, 0.2) is 0 Å². The van der Waals surface area contributed by atoms with Crippen LogP contribution in [0.5, 0.6) is 5.75 Å². The molecular formula is C15H13FINO2. The molecule has 0 saturated heterocycles. The van der Waals surface area contributed by atoms with Gasteiger partial charge in [0.25, 0.3) is 0 Å². The molecule has 104 valence electrons. The Morgan fingerprint density at radius 2 is 1.95 bits per heavy atom. The summed E-state index contributed by atoms with van der Waals surface area (Å²) in [5, 5.41) is 12.0. The summed E-state index contributed by atoms with van der Waals surface area (Å²) in [4.78, 5) is 0. The van der Waals surface area contributed by atoms with Crippen molar-refractivity contribution in [1.82, 2.24) is 0 Å². The summed E-state index contributed by atoms with van der Waals surface area (Å²) in [6.07, 6.45) is 0. The lowest BCUT2D eigenvalue weighted by Gasteiger charge is -2.11. The van der Waals surface area contributed by atoms with E-state index >= 15 is 0 Å². The van der Waals surface area contributed by atoms with E-state index in [1.165, 1.54) is 18.2 Å². The summed E-state index contributed by atoms with van der Waals surface area (Å²) in [5.41, 5.74) is 1.93. The number of benzene rings is 2. The van der Waals surface area contributed by atoms with Crippen LogP contribution in [-0.4, -0.2) is 10.9 Å². The van der Waals surface area contributed by atoms with Gasteiger partial charge in [0, 0.05) is 15.2 Å². The molecule has 0 aliphatic heterocycles. The maximum absolute atomic E-state index is 13.3. The molecule has 20 heavy (non-hydrogen) atoms. The first-order valence-electron chi connectivity index (χ1n) is 5.96. The second-order valence-corrected chi connectivity index (χ2v) is 5.49. The highest BCUT2D eigenvalue weighted by atomic mass is 127. The van der Waals surface area contributed by atoms with E-state index in [0.717, 1.165) is 9.13 Å². The van der Waals surface area contributed by atoms with Gasteiger partial charge in [0.2, 0.25) is 0 Å². The third-order valence-electron chi connectivity index (χ3n) is 2.79. The molecule has 2 rings (SSSR count). The molecule has 5 heteroatoms. The summed E-state index contributed by atoms with van der Waals surface area (Å²) >= 11 is 2.23. The van der Waals surface area contributed by atoms with Gasteiger partial charge in [0.05, 0.1) is 5.71 Å². The molecule has 0 spiro atoms. The zero-order valence-corrected chi connectivity index (χ0v) is 13.0. The zero-order chi connectivity index (χ0) is 14.5. The Kier molecular flexibility index (Phi) is 4.94. The van der Waals surface area contributed by atoms with Crippen LogP contribution in [0, 0.1) is 9.39 Å². The first kappa shape index (κ1) is 14.8. The van der Waals surface area contributed by atoms with Crippen LogP contribution in [0.1, 0.15) is 18.1 Å². The van der Waals surface area contributed by atoms with Crippen LogP contribution in [0.4, 0.5) is 4.39 Å². The normalized spacial score (nSPS) is 11.4. The first-order valence-corrected chi connectivity index (χ1v) is 7.04. The summed E-state index contributed by atoms with van der Waals surface area (Å²) in [7, 11) is 0. The van der Waals surface area contributed by atoms with Gasteiger partial charge in [-0.3, -0.25) is 0 Å². The van der Waals surface area contributed by atoms with Crippen molar-refractivity contribution < 1.29 is 14.3 Å². The Bertz CT molecular complexity index is 626. The molecule has 2 aromatic carbocycles. The minimum Gasteiger partial charge on any atom is -0.488 e. The van der Waals surface area contributed by atoms with E-state index in [-0.39, 0.29) is 0 Å². The molecule has 0 aliphatic carbocycles. The fourth-order valence-corrected chi connectivity index (χ4v) is 2.07. The van der Waals surface area contributed by atoms with Gasteiger partial charge in [-0.25, -0.2) is 4.39 Å². The van der Waals surface area contributed by atoms with E-state index < -0.39 is 5.82 Å². The molecular weight excluding hydrogens is 372 g/mol.